The zero-order chi connectivity index (χ0) is 22.7. The van der Waals surface area contributed by atoms with Crippen molar-refractivity contribution in [2.75, 3.05) is 12.4 Å². The standard InChI is InChI=1S/C24H20ClN3O4/c1-32-24(31)16-7-5-15(6-8-16)14-28-21(13-18-4-2-3-11-26-18)22(29)27-20-12-17(25)9-10-19(20)23(28)30/h2-12,21H,13-14H2,1H3,(H,27,29)/t21-/m1/s1. The monoisotopic (exact) mass is 449 g/mol. The number of ether oxygens (including phenoxy) is 1. The van der Waals surface area contributed by atoms with Crippen molar-refractivity contribution in [3.8, 4) is 0 Å². The number of aromatic nitrogens is 1. The van der Waals surface area contributed by atoms with E-state index in [9.17, 15) is 14.4 Å². The number of anilines is 1. The minimum Gasteiger partial charge on any atom is -0.465 e. The van der Waals surface area contributed by atoms with E-state index in [-0.39, 0.29) is 24.8 Å². The van der Waals surface area contributed by atoms with E-state index < -0.39 is 12.0 Å². The summed E-state index contributed by atoms with van der Waals surface area (Å²) in [6.45, 7) is 0.174. The summed E-state index contributed by atoms with van der Waals surface area (Å²) in [7, 11) is 1.32. The van der Waals surface area contributed by atoms with Crippen LogP contribution in [-0.2, 0) is 22.5 Å². The van der Waals surface area contributed by atoms with Gasteiger partial charge in [-0.25, -0.2) is 4.79 Å². The number of hydrogen-bond donors (Lipinski definition) is 1. The summed E-state index contributed by atoms with van der Waals surface area (Å²) in [6, 6.07) is 16.2. The number of hydrogen-bond acceptors (Lipinski definition) is 5. The maximum absolute atomic E-state index is 13.5. The molecular weight excluding hydrogens is 430 g/mol. The highest BCUT2D eigenvalue weighted by molar-refractivity contribution is 6.31. The maximum atomic E-state index is 13.5. The van der Waals surface area contributed by atoms with Crippen LogP contribution >= 0.6 is 11.6 Å². The molecule has 3 aromatic rings. The second kappa shape index (κ2) is 9.20. The molecule has 4 rings (SSSR count). The van der Waals surface area contributed by atoms with E-state index >= 15 is 0 Å². The first-order valence-electron chi connectivity index (χ1n) is 9.95. The molecule has 0 unspecified atom stereocenters. The zero-order valence-corrected chi connectivity index (χ0v) is 18.0. The zero-order valence-electron chi connectivity index (χ0n) is 17.2. The van der Waals surface area contributed by atoms with Crippen LogP contribution in [-0.4, -0.2) is 40.8 Å². The molecule has 0 bridgehead atoms. The molecule has 0 fully saturated rings. The van der Waals surface area contributed by atoms with Crippen LogP contribution in [0.2, 0.25) is 5.02 Å². The first kappa shape index (κ1) is 21.5. The molecule has 1 aliphatic heterocycles. The van der Waals surface area contributed by atoms with Gasteiger partial charge in [0, 0.05) is 29.9 Å². The number of methoxy groups -OCH3 is 1. The third-order valence-electron chi connectivity index (χ3n) is 5.27. The quantitative estimate of drug-likeness (QED) is 0.599. The molecule has 2 amide bonds. The number of carbonyl (C=O) groups is 3. The summed E-state index contributed by atoms with van der Waals surface area (Å²) in [4.78, 5) is 44.3. The van der Waals surface area contributed by atoms with Crippen molar-refractivity contribution in [1.29, 1.82) is 0 Å². The molecule has 0 saturated heterocycles. The molecule has 8 heteroatoms. The highest BCUT2D eigenvalue weighted by atomic mass is 35.5. The Morgan fingerprint density at radius 1 is 1.12 bits per heavy atom. The lowest BCUT2D eigenvalue weighted by Crippen LogP contribution is -2.46. The Balaban J connectivity index is 1.71. The van der Waals surface area contributed by atoms with Gasteiger partial charge in [-0.15, -0.1) is 0 Å². The van der Waals surface area contributed by atoms with Crippen LogP contribution in [0.25, 0.3) is 0 Å². The maximum Gasteiger partial charge on any atom is 0.337 e. The summed E-state index contributed by atoms with van der Waals surface area (Å²) >= 11 is 6.09. The van der Waals surface area contributed by atoms with Gasteiger partial charge in [0.15, 0.2) is 0 Å². The third-order valence-corrected chi connectivity index (χ3v) is 5.50. The van der Waals surface area contributed by atoms with E-state index in [1.807, 2.05) is 12.1 Å². The van der Waals surface area contributed by atoms with Crippen molar-refractivity contribution in [2.45, 2.75) is 19.0 Å². The molecule has 1 aromatic heterocycles. The lowest BCUT2D eigenvalue weighted by molar-refractivity contribution is -0.120. The second-order valence-corrected chi connectivity index (χ2v) is 7.78. The Labute approximate surface area is 190 Å². The van der Waals surface area contributed by atoms with Crippen LogP contribution in [0, 0.1) is 0 Å². The Morgan fingerprint density at radius 3 is 2.59 bits per heavy atom. The van der Waals surface area contributed by atoms with E-state index in [1.54, 1.807) is 54.7 Å². The van der Waals surface area contributed by atoms with Crippen LogP contribution < -0.4 is 5.32 Å². The number of benzene rings is 2. The number of carbonyl (C=O) groups excluding carboxylic acids is 3. The van der Waals surface area contributed by atoms with Gasteiger partial charge in [0.05, 0.1) is 23.9 Å². The van der Waals surface area contributed by atoms with Crippen molar-refractivity contribution in [2.24, 2.45) is 0 Å². The number of esters is 1. The molecule has 0 radical (unpaired) electrons. The largest absolute Gasteiger partial charge is 0.465 e. The smallest absolute Gasteiger partial charge is 0.337 e. The number of nitrogens with one attached hydrogen (secondary N) is 1. The van der Waals surface area contributed by atoms with Gasteiger partial charge in [0.2, 0.25) is 5.91 Å². The average Bonchev–Trinajstić information content (AvgIpc) is 2.89. The number of nitrogens with zero attached hydrogens (tertiary/aromatic N) is 2. The van der Waals surface area contributed by atoms with Crippen LogP contribution in [0.1, 0.15) is 32.0 Å². The fourth-order valence-corrected chi connectivity index (χ4v) is 3.79. The minimum absolute atomic E-state index is 0.174. The van der Waals surface area contributed by atoms with Crippen molar-refractivity contribution in [3.63, 3.8) is 0 Å². The van der Waals surface area contributed by atoms with E-state index in [2.05, 4.69) is 10.3 Å². The normalized spacial score (nSPS) is 15.6. The molecule has 0 spiro atoms. The van der Waals surface area contributed by atoms with Crippen LogP contribution in [0.15, 0.2) is 66.9 Å². The van der Waals surface area contributed by atoms with Gasteiger partial charge in [-0.3, -0.25) is 14.6 Å². The molecule has 1 N–H and O–H groups in total. The van der Waals surface area contributed by atoms with Gasteiger partial charge in [-0.2, -0.15) is 0 Å². The SMILES string of the molecule is COC(=O)c1ccc(CN2C(=O)c3ccc(Cl)cc3NC(=O)[C@H]2Cc2ccccn2)cc1. The number of rotatable bonds is 5. The Morgan fingerprint density at radius 2 is 1.91 bits per heavy atom. The van der Waals surface area contributed by atoms with E-state index in [4.69, 9.17) is 16.3 Å². The molecule has 0 aliphatic carbocycles. The van der Waals surface area contributed by atoms with Crippen molar-refractivity contribution >= 4 is 35.1 Å². The van der Waals surface area contributed by atoms with Crippen LogP contribution in [0.3, 0.4) is 0 Å². The number of pyridine rings is 1. The van der Waals surface area contributed by atoms with Gasteiger partial charge in [-0.05, 0) is 48.0 Å². The highest BCUT2D eigenvalue weighted by Crippen LogP contribution is 2.28. The third kappa shape index (κ3) is 4.48. The molecule has 32 heavy (non-hydrogen) atoms. The number of halogens is 1. The molecule has 7 nitrogen and oxygen atoms in total. The summed E-state index contributed by atoms with van der Waals surface area (Å²) in [6.07, 6.45) is 1.90. The van der Waals surface area contributed by atoms with Crippen molar-refractivity contribution < 1.29 is 19.1 Å². The molecule has 0 saturated carbocycles. The molecular formula is C24H20ClN3O4. The summed E-state index contributed by atoms with van der Waals surface area (Å²) in [5.74, 6) is -1.06. The van der Waals surface area contributed by atoms with Crippen molar-refractivity contribution in [3.05, 3.63) is 94.3 Å². The first-order chi connectivity index (χ1) is 15.5. The van der Waals surface area contributed by atoms with Gasteiger partial charge in [-0.1, -0.05) is 29.8 Å². The first-order valence-corrected chi connectivity index (χ1v) is 10.3. The lowest BCUT2D eigenvalue weighted by atomic mass is 10.1. The van der Waals surface area contributed by atoms with Crippen LogP contribution in [0.5, 0.6) is 0 Å². The summed E-state index contributed by atoms with van der Waals surface area (Å²) in [5, 5.41) is 3.26. The predicted molar refractivity (Wildman–Crippen MR) is 119 cm³/mol. The summed E-state index contributed by atoms with van der Waals surface area (Å²) < 4.78 is 4.73. The molecule has 1 aliphatic rings. The summed E-state index contributed by atoms with van der Waals surface area (Å²) in [5.41, 5.74) is 2.60. The Bertz CT molecular complexity index is 1170. The molecule has 162 valence electrons. The fourth-order valence-electron chi connectivity index (χ4n) is 3.62. The van der Waals surface area contributed by atoms with Gasteiger partial charge < -0.3 is 15.0 Å². The van der Waals surface area contributed by atoms with E-state index in [0.717, 1.165) is 5.56 Å². The van der Waals surface area contributed by atoms with Crippen molar-refractivity contribution in [1.82, 2.24) is 9.88 Å². The highest BCUT2D eigenvalue weighted by Gasteiger charge is 2.35. The van der Waals surface area contributed by atoms with Gasteiger partial charge in [0.25, 0.3) is 5.91 Å². The second-order valence-electron chi connectivity index (χ2n) is 7.34. The number of fused-ring (bicyclic) bond motifs is 1. The van der Waals surface area contributed by atoms with E-state index in [0.29, 0.717) is 27.5 Å². The lowest BCUT2D eigenvalue weighted by Gasteiger charge is -2.28. The van der Waals surface area contributed by atoms with Crippen LogP contribution in [0.4, 0.5) is 5.69 Å². The Kier molecular flexibility index (Phi) is 6.18. The number of amides is 2. The molecule has 1 atom stereocenters. The Hall–Kier alpha value is -3.71. The topological polar surface area (TPSA) is 88.6 Å². The average molecular weight is 450 g/mol. The fraction of sp³-hybridized carbons (Fsp3) is 0.167. The van der Waals surface area contributed by atoms with E-state index in [1.165, 1.54) is 12.0 Å². The molecule has 2 aromatic carbocycles. The van der Waals surface area contributed by atoms with Gasteiger partial charge >= 0.3 is 5.97 Å². The van der Waals surface area contributed by atoms with Gasteiger partial charge in [0.1, 0.15) is 6.04 Å². The molecule has 2 heterocycles. The predicted octanol–water partition coefficient (Wildman–Crippen LogP) is 3.73. The minimum atomic E-state index is -0.788.